The summed E-state index contributed by atoms with van der Waals surface area (Å²) in [6, 6.07) is 7.53. The molecule has 3 heterocycles. The minimum atomic E-state index is -2.55. The molecule has 156 valence electrons. The van der Waals surface area contributed by atoms with Gasteiger partial charge >= 0.3 is 0 Å². The number of nitrogens with zero attached hydrogens (tertiary/aromatic N) is 5. The highest BCUT2D eigenvalue weighted by molar-refractivity contribution is 6.30. The molecule has 0 spiro atoms. The third-order valence-corrected chi connectivity index (χ3v) is 5.07. The molecule has 0 fully saturated rings. The van der Waals surface area contributed by atoms with Crippen molar-refractivity contribution < 1.29 is 13.5 Å². The van der Waals surface area contributed by atoms with Gasteiger partial charge in [0.1, 0.15) is 23.6 Å². The Bertz CT molecular complexity index is 1020. The lowest BCUT2D eigenvalue weighted by molar-refractivity contribution is 0.0795. The lowest BCUT2D eigenvalue weighted by Gasteiger charge is -2.31. The van der Waals surface area contributed by atoms with Gasteiger partial charge in [-0.3, -0.25) is 4.90 Å². The van der Waals surface area contributed by atoms with Crippen LogP contribution in [0.5, 0.6) is 5.88 Å². The van der Waals surface area contributed by atoms with Crippen LogP contribution in [0.25, 0.3) is 0 Å². The Balaban J connectivity index is 1.79. The number of hydrogen-bond acceptors (Lipinski definition) is 7. The summed E-state index contributed by atoms with van der Waals surface area (Å²) in [4.78, 5) is 10.6. The summed E-state index contributed by atoms with van der Waals surface area (Å²) in [5.74, 6) is 0.701. The quantitative estimate of drug-likeness (QED) is 0.528. The van der Waals surface area contributed by atoms with Crippen LogP contribution >= 0.6 is 11.6 Å². The lowest BCUT2D eigenvalue weighted by atomic mass is 9.96. The molecule has 0 radical (unpaired) electrons. The maximum absolute atomic E-state index is 12.3. The molecule has 0 aliphatic carbocycles. The van der Waals surface area contributed by atoms with Crippen LogP contribution < -0.4 is 10.1 Å². The highest BCUT2D eigenvalue weighted by Crippen LogP contribution is 2.32. The van der Waals surface area contributed by atoms with Gasteiger partial charge in [0.2, 0.25) is 5.88 Å². The Morgan fingerprint density at radius 1 is 1.30 bits per heavy atom. The molecule has 3 rings (SSSR count). The van der Waals surface area contributed by atoms with E-state index in [2.05, 4.69) is 26.3 Å². The Labute approximate surface area is 177 Å². The number of alkyl halides is 2. The molecule has 0 bridgehead atoms. The molecule has 1 N–H and O–H groups in total. The van der Waals surface area contributed by atoms with E-state index in [1.807, 2.05) is 12.1 Å². The number of pyridine rings is 2. The zero-order valence-corrected chi connectivity index (χ0v) is 17.0. The van der Waals surface area contributed by atoms with Crippen molar-refractivity contribution in [2.45, 2.75) is 32.9 Å². The van der Waals surface area contributed by atoms with Crippen molar-refractivity contribution in [3.63, 3.8) is 0 Å². The van der Waals surface area contributed by atoms with Crippen molar-refractivity contribution in [1.29, 1.82) is 10.5 Å². The Morgan fingerprint density at radius 3 is 2.77 bits per heavy atom. The van der Waals surface area contributed by atoms with Crippen molar-refractivity contribution in [3.05, 3.63) is 45.2 Å². The SMILES string of the molecule is Cc1nc(OCC(F)F)ccc1CN1CCc2c(NCC#N)nc(Cl)c(C#N)c2C1. The topological polar surface area (TPSA) is 97.9 Å². The number of hydrogen-bond donors (Lipinski definition) is 1. The number of ether oxygens (including phenoxy) is 1. The van der Waals surface area contributed by atoms with Crippen molar-refractivity contribution >= 4 is 17.4 Å². The average molecular weight is 433 g/mol. The van der Waals surface area contributed by atoms with Gasteiger partial charge in [-0.15, -0.1) is 0 Å². The fourth-order valence-corrected chi connectivity index (χ4v) is 3.62. The summed E-state index contributed by atoms with van der Waals surface area (Å²) in [6.45, 7) is 2.97. The van der Waals surface area contributed by atoms with E-state index in [-0.39, 0.29) is 17.6 Å². The second-order valence-electron chi connectivity index (χ2n) is 6.76. The smallest absolute Gasteiger partial charge is 0.272 e. The highest BCUT2D eigenvalue weighted by Gasteiger charge is 2.25. The van der Waals surface area contributed by atoms with Crippen LogP contribution in [-0.4, -0.2) is 41.0 Å². The minimum Gasteiger partial charge on any atom is -0.472 e. The zero-order chi connectivity index (χ0) is 21.7. The van der Waals surface area contributed by atoms with Gasteiger partial charge in [-0.05, 0) is 24.5 Å². The molecular weight excluding hydrogens is 414 g/mol. The van der Waals surface area contributed by atoms with Gasteiger partial charge < -0.3 is 10.1 Å². The van der Waals surface area contributed by atoms with Crippen LogP contribution in [-0.2, 0) is 19.5 Å². The van der Waals surface area contributed by atoms with E-state index in [9.17, 15) is 14.0 Å². The number of rotatable bonds is 7. The molecule has 0 saturated heterocycles. The Kier molecular flexibility index (Phi) is 6.99. The first-order valence-corrected chi connectivity index (χ1v) is 9.62. The van der Waals surface area contributed by atoms with Crippen LogP contribution in [0.2, 0.25) is 5.15 Å². The first kappa shape index (κ1) is 21.7. The van der Waals surface area contributed by atoms with Gasteiger partial charge in [-0.1, -0.05) is 17.7 Å². The van der Waals surface area contributed by atoms with Crippen molar-refractivity contribution in [2.75, 3.05) is 25.0 Å². The lowest BCUT2D eigenvalue weighted by Crippen LogP contribution is -2.32. The highest BCUT2D eigenvalue weighted by atomic mass is 35.5. The van der Waals surface area contributed by atoms with Crippen LogP contribution in [0.15, 0.2) is 12.1 Å². The fourth-order valence-electron chi connectivity index (χ4n) is 3.38. The predicted octanol–water partition coefficient (Wildman–Crippen LogP) is 3.45. The van der Waals surface area contributed by atoms with Gasteiger partial charge in [0.05, 0.1) is 11.6 Å². The van der Waals surface area contributed by atoms with Crippen LogP contribution in [0.4, 0.5) is 14.6 Å². The standard InChI is InChI=1S/C20H19ClF2N6O/c1-12-13(2-3-18(27-12)30-11-17(22)23)9-29-7-4-14-16(10-29)15(8-25)19(21)28-20(14)26-6-5-24/h2-3,17H,4,6-7,9-11H2,1H3,(H,26,28). The molecule has 1 aliphatic rings. The maximum Gasteiger partial charge on any atom is 0.272 e. The van der Waals surface area contributed by atoms with Gasteiger partial charge in [-0.2, -0.15) is 10.5 Å². The van der Waals surface area contributed by atoms with Crippen molar-refractivity contribution in [3.8, 4) is 18.0 Å². The van der Waals surface area contributed by atoms with E-state index in [1.165, 1.54) is 0 Å². The summed E-state index contributed by atoms with van der Waals surface area (Å²) >= 11 is 6.20. The minimum absolute atomic E-state index is 0.0935. The third-order valence-electron chi connectivity index (χ3n) is 4.80. The fraction of sp³-hybridized carbons (Fsp3) is 0.400. The zero-order valence-electron chi connectivity index (χ0n) is 16.3. The molecule has 10 heteroatoms. The summed E-state index contributed by atoms with van der Waals surface area (Å²) < 4.78 is 29.6. The third kappa shape index (κ3) is 4.93. The summed E-state index contributed by atoms with van der Waals surface area (Å²) in [5.41, 5.74) is 3.66. The average Bonchev–Trinajstić information content (AvgIpc) is 2.72. The first-order chi connectivity index (χ1) is 14.4. The van der Waals surface area contributed by atoms with Crippen molar-refractivity contribution in [1.82, 2.24) is 14.9 Å². The van der Waals surface area contributed by atoms with Gasteiger partial charge in [0.25, 0.3) is 6.43 Å². The molecule has 1 aliphatic heterocycles. The molecule has 7 nitrogen and oxygen atoms in total. The van der Waals surface area contributed by atoms with E-state index >= 15 is 0 Å². The molecule has 30 heavy (non-hydrogen) atoms. The monoisotopic (exact) mass is 432 g/mol. The number of nitriles is 2. The predicted molar refractivity (Wildman–Crippen MR) is 106 cm³/mol. The molecule has 0 aromatic carbocycles. The summed E-state index contributed by atoms with van der Waals surface area (Å²) in [6.07, 6.45) is -1.91. The van der Waals surface area contributed by atoms with E-state index in [0.29, 0.717) is 43.1 Å². The van der Waals surface area contributed by atoms with Crippen LogP contribution in [0.3, 0.4) is 0 Å². The van der Waals surface area contributed by atoms with E-state index in [4.69, 9.17) is 21.6 Å². The van der Waals surface area contributed by atoms with E-state index < -0.39 is 13.0 Å². The Hall–Kier alpha value is -3.01. The molecule has 0 saturated carbocycles. The normalized spacial score (nSPS) is 13.4. The molecule has 2 aromatic rings. The van der Waals surface area contributed by atoms with Gasteiger partial charge in [0, 0.05) is 37.0 Å². The number of aryl methyl sites for hydroxylation is 1. The molecule has 0 unspecified atom stereocenters. The largest absolute Gasteiger partial charge is 0.472 e. The van der Waals surface area contributed by atoms with Gasteiger partial charge in [-0.25, -0.2) is 18.7 Å². The van der Waals surface area contributed by atoms with Crippen LogP contribution in [0, 0.1) is 29.6 Å². The molecule has 2 aromatic heterocycles. The number of anilines is 1. The molecule has 0 atom stereocenters. The maximum atomic E-state index is 12.3. The van der Waals surface area contributed by atoms with E-state index in [1.54, 1.807) is 13.0 Å². The van der Waals surface area contributed by atoms with Crippen molar-refractivity contribution in [2.24, 2.45) is 0 Å². The van der Waals surface area contributed by atoms with Crippen LogP contribution in [0.1, 0.15) is 27.9 Å². The second kappa shape index (κ2) is 9.66. The summed E-state index contributed by atoms with van der Waals surface area (Å²) in [5, 5.41) is 21.4. The molecule has 0 amide bonds. The van der Waals surface area contributed by atoms with Gasteiger partial charge in [0.15, 0.2) is 6.61 Å². The molecular formula is C20H19ClF2N6O. The number of fused-ring (bicyclic) bond motifs is 1. The summed E-state index contributed by atoms with van der Waals surface area (Å²) in [7, 11) is 0. The number of aromatic nitrogens is 2. The number of nitrogens with one attached hydrogen (secondary N) is 1. The Morgan fingerprint density at radius 2 is 2.10 bits per heavy atom. The number of halogens is 3. The first-order valence-electron chi connectivity index (χ1n) is 9.25. The second-order valence-corrected chi connectivity index (χ2v) is 7.12. The van der Waals surface area contributed by atoms with E-state index in [0.717, 1.165) is 16.7 Å².